The summed E-state index contributed by atoms with van der Waals surface area (Å²) in [6.07, 6.45) is 0. The fourth-order valence-electron chi connectivity index (χ4n) is 1.57. The van der Waals surface area contributed by atoms with Crippen molar-refractivity contribution in [1.82, 2.24) is 5.32 Å². The summed E-state index contributed by atoms with van der Waals surface area (Å²) in [6.45, 7) is -0.0200. The first-order valence-corrected chi connectivity index (χ1v) is 8.38. The first-order valence-electron chi connectivity index (χ1n) is 6.51. The molecular formula is C15H14FNO3S2. The number of amides is 1. The van der Waals surface area contributed by atoms with Gasteiger partial charge in [0.05, 0.1) is 4.88 Å². The van der Waals surface area contributed by atoms with Crippen molar-refractivity contribution >= 4 is 35.0 Å². The first-order chi connectivity index (χ1) is 10.7. The molecule has 1 aromatic heterocycles. The second kappa shape index (κ2) is 8.55. The van der Waals surface area contributed by atoms with Crippen molar-refractivity contribution < 1.29 is 18.7 Å². The Labute approximate surface area is 135 Å². The van der Waals surface area contributed by atoms with Crippen molar-refractivity contribution in [2.24, 2.45) is 0 Å². The molecule has 0 aliphatic carbocycles. The van der Waals surface area contributed by atoms with Gasteiger partial charge < -0.3 is 10.1 Å². The summed E-state index contributed by atoms with van der Waals surface area (Å²) >= 11 is 2.57. The highest BCUT2D eigenvalue weighted by atomic mass is 32.2. The van der Waals surface area contributed by atoms with Crippen molar-refractivity contribution in [2.75, 3.05) is 18.9 Å². The van der Waals surface area contributed by atoms with E-state index in [1.807, 2.05) is 0 Å². The van der Waals surface area contributed by atoms with Crippen LogP contribution in [0.15, 0.2) is 46.7 Å². The third-order valence-corrected chi connectivity index (χ3v) is 4.46. The van der Waals surface area contributed by atoms with Gasteiger partial charge in [0.2, 0.25) is 0 Å². The average Bonchev–Trinajstić information content (AvgIpc) is 3.05. The van der Waals surface area contributed by atoms with Crippen molar-refractivity contribution in [2.45, 2.75) is 4.90 Å². The Hall–Kier alpha value is -1.86. The van der Waals surface area contributed by atoms with Crippen LogP contribution in [-0.2, 0) is 9.53 Å². The van der Waals surface area contributed by atoms with E-state index < -0.39 is 5.97 Å². The van der Waals surface area contributed by atoms with E-state index in [4.69, 9.17) is 4.74 Å². The lowest BCUT2D eigenvalue weighted by Gasteiger charge is -2.06. The molecule has 1 amide bonds. The van der Waals surface area contributed by atoms with Gasteiger partial charge >= 0.3 is 5.97 Å². The molecule has 116 valence electrons. The minimum Gasteiger partial charge on any atom is -0.463 e. The van der Waals surface area contributed by atoms with E-state index >= 15 is 0 Å². The maximum Gasteiger partial charge on any atom is 0.325 e. The number of thioether (sulfide) groups is 1. The molecule has 0 spiro atoms. The lowest BCUT2D eigenvalue weighted by Crippen LogP contribution is -2.30. The maximum absolute atomic E-state index is 13.3. The average molecular weight is 339 g/mol. The molecule has 0 aliphatic rings. The van der Waals surface area contributed by atoms with Crippen LogP contribution < -0.4 is 5.32 Å². The highest BCUT2D eigenvalue weighted by Crippen LogP contribution is 2.20. The number of esters is 1. The smallest absolute Gasteiger partial charge is 0.325 e. The van der Waals surface area contributed by atoms with Gasteiger partial charge in [-0.3, -0.25) is 9.59 Å². The Bertz CT molecular complexity index is 631. The molecule has 1 heterocycles. The maximum atomic E-state index is 13.3. The highest BCUT2D eigenvalue weighted by Gasteiger charge is 2.09. The second-order valence-electron chi connectivity index (χ2n) is 4.16. The monoisotopic (exact) mass is 339 g/mol. The van der Waals surface area contributed by atoms with Gasteiger partial charge in [0.15, 0.2) is 0 Å². The van der Waals surface area contributed by atoms with Crippen molar-refractivity contribution in [3.8, 4) is 0 Å². The standard InChI is InChI=1S/C15H14FNO3S2/c16-11-4-1-2-5-12(11)22-9-7-20-14(18)10-17-15(19)13-6-3-8-21-13/h1-6,8H,7,9-10H2,(H,17,19). The van der Waals surface area contributed by atoms with Gasteiger partial charge in [-0.2, -0.15) is 0 Å². The molecule has 4 nitrogen and oxygen atoms in total. The number of halogens is 1. The first kappa shape index (κ1) is 16.5. The van der Waals surface area contributed by atoms with Gasteiger partial charge in [0, 0.05) is 10.6 Å². The van der Waals surface area contributed by atoms with Gasteiger partial charge in [-0.15, -0.1) is 23.1 Å². The molecule has 0 bridgehead atoms. The number of rotatable bonds is 7. The molecule has 0 saturated heterocycles. The van der Waals surface area contributed by atoms with E-state index in [-0.39, 0.29) is 24.9 Å². The molecule has 7 heteroatoms. The van der Waals surface area contributed by atoms with Crippen LogP contribution in [0.2, 0.25) is 0 Å². The SMILES string of the molecule is O=C(CNC(=O)c1cccs1)OCCSc1ccccc1F. The van der Waals surface area contributed by atoms with Gasteiger partial charge in [0.1, 0.15) is 19.0 Å². The summed E-state index contributed by atoms with van der Waals surface area (Å²) in [4.78, 5) is 24.1. The minimum atomic E-state index is -0.515. The quantitative estimate of drug-likeness (QED) is 0.479. The van der Waals surface area contributed by atoms with Crippen molar-refractivity contribution in [3.63, 3.8) is 0 Å². The second-order valence-corrected chi connectivity index (χ2v) is 6.24. The molecule has 0 radical (unpaired) electrons. The van der Waals surface area contributed by atoms with Crippen molar-refractivity contribution in [3.05, 3.63) is 52.5 Å². The van der Waals surface area contributed by atoms with Gasteiger partial charge in [0.25, 0.3) is 5.91 Å². The predicted molar refractivity (Wildman–Crippen MR) is 84.7 cm³/mol. The van der Waals surface area contributed by atoms with Gasteiger partial charge in [-0.1, -0.05) is 18.2 Å². The summed E-state index contributed by atoms with van der Waals surface area (Å²) in [7, 11) is 0. The number of benzene rings is 1. The summed E-state index contributed by atoms with van der Waals surface area (Å²) < 4.78 is 18.3. The Kier molecular flexibility index (Phi) is 6.42. The Morgan fingerprint density at radius 1 is 1.23 bits per heavy atom. The van der Waals surface area contributed by atoms with E-state index in [2.05, 4.69) is 5.32 Å². The number of ether oxygens (including phenoxy) is 1. The molecule has 22 heavy (non-hydrogen) atoms. The molecule has 0 atom stereocenters. The van der Waals surface area contributed by atoms with Crippen LogP contribution in [0, 0.1) is 5.82 Å². The largest absolute Gasteiger partial charge is 0.463 e. The third-order valence-electron chi connectivity index (χ3n) is 2.58. The molecule has 1 aromatic carbocycles. The normalized spacial score (nSPS) is 10.2. The Balaban J connectivity index is 1.62. The molecular weight excluding hydrogens is 325 g/mol. The van der Waals surface area contributed by atoms with Crippen LogP contribution in [-0.4, -0.2) is 30.8 Å². The summed E-state index contributed by atoms with van der Waals surface area (Å²) in [6, 6.07) is 9.86. The number of carbonyl (C=O) groups excluding carboxylic acids is 2. The molecule has 0 unspecified atom stereocenters. The topological polar surface area (TPSA) is 55.4 Å². The van der Waals surface area contributed by atoms with E-state index in [0.29, 0.717) is 15.5 Å². The molecule has 0 fully saturated rings. The van der Waals surface area contributed by atoms with Crippen LogP contribution in [0.5, 0.6) is 0 Å². The summed E-state index contributed by atoms with van der Waals surface area (Å²) in [5.74, 6) is -0.653. The third kappa shape index (κ3) is 5.16. The molecule has 0 aliphatic heterocycles. The lowest BCUT2D eigenvalue weighted by atomic mass is 10.3. The van der Waals surface area contributed by atoms with E-state index in [1.54, 1.807) is 35.7 Å². The fourth-order valence-corrected chi connectivity index (χ4v) is 2.97. The highest BCUT2D eigenvalue weighted by molar-refractivity contribution is 7.99. The fraction of sp³-hybridized carbons (Fsp3) is 0.200. The summed E-state index contributed by atoms with van der Waals surface area (Å²) in [5, 5.41) is 4.27. The van der Waals surface area contributed by atoms with E-state index in [9.17, 15) is 14.0 Å². The predicted octanol–water partition coefficient (Wildman–Crippen LogP) is 2.95. The zero-order valence-electron chi connectivity index (χ0n) is 11.6. The number of hydrogen-bond acceptors (Lipinski definition) is 5. The van der Waals surface area contributed by atoms with Gasteiger partial charge in [-0.25, -0.2) is 4.39 Å². The lowest BCUT2D eigenvalue weighted by molar-refractivity contribution is -0.141. The van der Waals surface area contributed by atoms with Crippen LogP contribution in [0.4, 0.5) is 4.39 Å². The van der Waals surface area contributed by atoms with E-state index in [0.717, 1.165) is 0 Å². The summed E-state index contributed by atoms with van der Waals surface area (Å²) in [5.41, 5.74) is 0. The zero-order chi connectivity index (χ0) is 15.8. The Morgan fingerprint density at radius 3 is 2.77 bits per heavy atom. The molecule has 2 rings (SSSR count). The number of carbonyl (C=O) groups is 2. The van der Waals surface area contributed by atoms with Gasteiger partial charge in [-0.05, 0) is 23.6 Å². The molecule has 2 aromatic rings. The van der Waals surface area contributed by atoms with E-state index in [1.165, 1.54) is 29.2 Å². The van der Waals surface area contributed by atoms with Crippen molar-refractivity contribution in [1.29, 1.82) is 0 Å². The van der Waals surface area contributed by atoms with Crippen LogP contribution >= 0.6 is 23.1 Å². The number of hydrogen-bond donors (Lipinski definition) is 1. The van der Waals surface area contributed by atoms with Crippen LogP contribution in [0.1, 0.15) is 9.67 Å². The minimum absolute atomic E-state index is 0.159. The van der Waals surface area contributed by atoms with Crippen LogP contribution in [0.3, 0.4) is 0 Å². The molecule has 1 N–H and O–H groups in total. The zero-order valence-corrected chi connectivity index (χ0v) is 13.2. The Morgan fingerprint density at radius 2 is 2.05 bits per heavy atom. The molecule has 0 saturated carbocycles. The van der Waals surface area contributed by atoms with Crippen LogP contribution in [0.25, 0.3) is 0 Å². The number of nitrogens with one attached hydrogen (secondary N) is 1. The number of thiophene rings is 1.